The van der Waals surface area contributed by atoms with Crippen LogP contribution in [0.2, 0.25) is 0 Å². The summed E-state index contributed by atoms with van der Waals surface area (Å²) >= 11 is 0. The van der Waals surface area contributed by atoms with Crippen molar-refractivity contribution >= 4 is 11.0 Å². The highest BCUT2D eigenvalue weighted by Crippen LogP contribution is 2.32. The molecule has 7 nitrogen and oxygen atoms in total. The van der Waals surface area contributed by atoms with Crippen molar-refractivity contribution in [2.75, 3.05) is 7.11 Å². The van der Waals surface area contributed by atoms with E-state index in [2.05, 4.69) is 15.1 Å². The highest BCUT2D eigenvalue weighted by atomic mass is 16.5. The van der Waals surface area contributed by atoms with E-state index in [0.717, 1.165) is 40.8 Å². The summed E-state index contributed by atoms with van der Waals surface area (Å²) in [5.74, 6) is 1.70. The minimum atomic E-state index is -0.0499. The SMILES string of the molecule is COc1ccc(-c2nc(-c3ccc4c(c3)[nH]c(=O)n4C3CCCC3)no2)cc1. The number of hydrogen-bond donors (Lipinski definition) is 1. The third-order valence-corrected chi connectivity index (χ3v) is 5.43. The van der Waals surface area contributed by atoms with Crippen LogP contribution in [0.15, 0.2) is 51.8 Å². The molecular weight excluding hydrogens is 356 g/mol. The first kappa shape index (κ1) is 16.8. The molecular formula is C21H20N4O3. The van der Waals surface area contributed by atoms with Crippen LogP contribution in [-0.2, 0) is 0 Å². The first-order chi connectivity index (χ1) is 13.7. The third kappa shape index (κ3) is 2.79. The summed E-state index contributed by atoms with van der Waals surface area (Å²) < 4.78 is 12.5. The lowest BCUT2D eigenvalue weighted by Gasteiger charge is -2.11. The van der Waals surface area contributed by atoms with Gasteiger partial charge in [-0.1, -0.05) is 18.0 Å². The normalized spacial score (nSPS) is 14.8. The average Bonchev–Trinajstić information content (AvgIpc) is 3.46. The molecule has 5 rings (SSSR count). The molecule has 2 heterocycles. The van der Waals surface area contributed by atoms with Gasteiger partial charge >= 0.3 is 5.69 Å². The second-order valence-electron chi connectivity index (χ2n) is 7.12. The van der Waals surface area contributed by atoms with Crippen molar-refractivity contribution in [2.45, 2.75) is 31.7 Å². The summed E-state index contributed by atoms with van der Waals surface area (Å²) in [4.78, 5) is 19.9. The molecule has 1 saturated carbocycles. The van der Waals surface area contributed by atoms with Crippen LogP contribution >= 0.6 is 0 Å². The number of imidazole rings is 1. The number of benzene rings is 2. The van der Waals surface area contributed by atoms with Gasteiger partial charge in [0.25, 0.3) is 5.89 Å². The lowest BCUT2D eigenvalue weighted by molar-refractivity contribution is 0.414. The maximum Gasteiger partial charge on any atom is 0.326 e. The van der Waals surface area contributed by atoms with Crippen LogP contribution in [0.5, 0.6) is 5.75 Å². The zero-order chi connectivity index (χ0) is 19.1. The molecule has 142 valence electrons. The fourth-order valence-electron chi connectivity index (χ4n) is 3.99. The van der Waals surface area contributed by atoms with E-state index in [1.54, 1.807) is 7.11 Å². The number of H-pyrrole nitrogens is 1. The number of fused-ring (bicyclic) bond motifs is 1. The van der Waals surface area contributed by atoms with Gasteiger partial charge in [-0.05, 0) is 55.3 Å². The number of ether oxygens (including phenoxy) is 1. The molecule has 1 aliphatic rings. The third-order valence-electron chi connectivity index (χ3n) is 5.43. The zero-order valence-corrected chi connectivity index (χ0v) is 15.5. The van der Waals surface area contributed by atoms with Crippen LogP contribution in [0.4, 0.5) is 0 Å². The van der Waals surface area contributed by atoms with Crippen molar-refractivity contribution in [3.05, 3.63) is 52.9 Å². The van der Waals surface area contributed by atoms with Gasteiger partial charge in [-0.2, -0.15) is 4.98 Å². The molecule has 0 radical (unpaired) electrons. The maximum atomic E-state index is 12.5. The molecule has 0 aliphatic heterocycles. The lowest BCUT2D eigenvalue weighted by Crippen LogP contribution is -2.20. The Kier molecular flexibility index (Phi) is 4.00. The number of nitrogens with zero attached hydrogens (tertiary/aromatic N) is 3. The number of aromatic amines is 1. The van der Waals surface area contributed by atoms with Gasteiger partial charge in [0.15, 0.2) is 0 Å². The average molecular weight is 376 g/mol. The summed E-state index contributed by atoms with van der Waals surface area (Å²) in [6, 6.07) is 13.5. The van der Waals surface area contributed by atoms with Gasteiger partial charge in [0.2, 0.25) is 5.82 Å². The fourth-order valence-corrected chi connectivity index (χ4v) is 3.99. The molecule has 0 amide bonds. The molecule has 2 aromatic carbocycles. The molecule has 0 unspecified atom stereocenters. The first-order valence-corrected chi connectivity index (χ1v) is 9.46. The van der Waals surface area contributed by atoms with Gasteiger partial charge in [-0.15, -0.1) is 0 Å². The highest BCUT2D eigenvalue weighted by molar-refractivity contribution is 5.81. The van der Waals surface area contributed by atoms with Crippen LogP contribution in [-0.4, -0.2) is 26.8 Å². The van der Waals surface area contributed by atoms with Crippen LogP contribution in [0, 0.1) is 0 Å². The van der Waals surface area contributed by atoms with Crippen molar-refractivity contribution in [3.63, 3.8) is 0 Å². The number of hydrogen-bond acceptors (Lipinski definition) is 5. The van der Waals surface area contributed by atoms with E-state index < -0.39 is 0 Å². The Morgan fingerprint density at radius 3 is 2.61 bits per heavy atom. The van der Waals surface area contributed by atoms with Crippen molar-refractivity contribution in [1.29, 1.82) is 0 Å². The van der Waals surface area contributed by atoms with E-state index in [0.29, 0.717) is 17.8 Å². The Morgan fingerprint density at radius 2 is 1.86 bits per heavy atom. The smallest absolute Gasteiger partial charge is 0.326 e. The van der Waals surface area contributed by atoms with E-state index in [1.807, 2.05) is 47.0 Å². The molecule has 28 heavy (non-hydrogen) atoms. The molecule has 0 atom stereocenters. The van der Waals surface area contributed by atoms with Crippen LogP contribution in [0.3, 0.4) is 0 Å². The van der Waals surface area contributed by atoms with Gasteiger partial charge in [0.1, 0.15) is 5.75 Å². The molecule has 0 bridgehead atoms. The minimum Gasteiger partial charge on any atom is -0.497 e. The minimum absolute atomic E-state index is 0.0499. The second kappa shape index (κ2) is 6.67. The van der Waals surface area contributed by atoms with Gasteiger partial charge in [0, 0.05) is 17.2 Å². The quantitative estimate of drug-likeness (QED) is 0.578. The summed E-state index contributed by atoms with van der Waals surface area (Å²) in [5, 5.41) is 4.10. The Bertz CT molecular complexity index is 1180. The van der Waals surface area contributed by atoms with Gasteiger partial charge in [-0.25, -0.2) is 4.79 Å². The summed E-state index contributed by atoms with van der Waals surface area (Å²) in [6.45, 7) is 0. The van der Waals surface area contributed by atoms with Crippen molar-refractivity contribution in [1.82, 2.24) is 19.7 Å². The Labute approximate surface area is 161 Å². The lowest BCUT2D eigenvalue weighted by atomic mass is 10.1. The number of aromatic nitrogens is 4. The monoisotopic (exact) mass is 376 g/mol. The molecule has 0 spiro atoms. The Balaban J connectivity index is 1.49. The number of nitrogens with one attached hydrogen (secondary N) is 1. The Hall–Kier alpha value is -3.35. The van der Waals surface area contributed by atoms with Crippen LogP contribution < -0.4 is 10.4 Å². The first-order valence-electron chi connectivity index (χ1n) is 9.46. The van der Waals surface area contributed by atoms with E-state index in [9.17, 15) is 4.79 Å². The highest BCUT2D eigenvalue weighted by Gasteiger charge is 2.21. The fraction of sp³-hybridized carbons (Fsp3) is 0.286. The molecule has 4 aromatic rings. The summed E-state index contributed by atoms with van der Waals surface area (Å²) in [7, 11) is 1.63. The van der Waals surface area contributed by atoms with E-state index in [1.165, 1.54) is 12.8 Å². The van der Waals surface area contributed by atoms with Crippen molar-refractivity contribution in [3.8, 4) is 28.6 Å². The molecule has 1 aliphatic carbocycles. The standard InChI is InChI=1S/C21H20N4O3/c1-27-16-9-6-13(7-10-16)20-23-19(24-28-20)14-8-11-18-17(12-14)22-21(26)25(18)15-4-2-3-5-15/h6-12,15H,2-5H2,1H3,(H,22,26). The van der Waals surface area contributed by atoms with E-state index >= 15 is 0 Å². The topological polar surface area (TPSA) is 85.9 Å². The molecule has 2 aromatic heterocycles. The maximum absolute atomic E-state index is 12.5. The van der Waals surface area contributed by atoms with Gasteiger partial charge in [-0.3, -0.25) is 4.57 Å². The summed E-state index contributed by atoms with van der Waals surface area (Å²) in [5.41, 5.74) is 3.30. The molecule has 1 N–H and O–H groups in total. The van der Waals surface area contributed by atoms with Gasteiger partial charge in [0.05, 0.1) is 18.1 Å². The number of methoxy groups -OCH3 is 1. The molecule has 7 heteroatoms. The second-order valence-corrected chi connectivity index (χ2v) is 7.12. The predicted octanol–water partition coefficient (Wildman–Crippen LogP) is 4.17. The predicted molar refractivity (Wildman–Crippen MR) is 105 cm³/mol. The number of rotatable bonds is 4. The molecule has 0 saturated heterocycles. The van der Waals surface area contributed by atoms with Crippen molar-refractivity contribution in [2.24, 2.45) is 0 Å². The van der Waals surface area contributed by atoms with E-state index in [-0.39, 0.29) is 5.69 Å². The van der Waals surface area contributed by atoms with Crippen molar-refractivity contribution < 1.29 is 9.26 Å². The van der Waals surface area contributed by atoms with Gasteiger partial charge < -0.3 is 14.2 Å². The van der Waals surface area contributed by atoms with Crippen LogP contribution in [0.1, 0.15) is 31.7 Å². The summed E-state index contributed by atoms with van der Waals surface area (Å²) in [6.07, 6.45) is 4.48. The molecule has 1 fully saturated rings. The Morgan fingerprint density at radius 1 is 1.11 bits per heavy atom. The largest absolute Gasteiger partial charge is 0.497 e. The zero-order valence-electron chi connectivity index (χ0n) is 15.5. The van der Waals surface area contributed by atoms with Crippen LogP contribution in [0.25, 0.3) is 33.9 Å². The van der Waals surface area contributed by atoms with E-state index in [4.69, 9.17) is 9.26 Å².